The van der Waals surface area contributed by atoms with E-state index in [0.29, 0.717) is 23.1 Å². The Kier molecular flexibility index (Phi) is 11.6. The average molecular weight is 706 g/mol. The molecule has 0 bridgehead atoms. The van der Waals surface area contributed by atoms with E-state index in [9.17, 15) is 9.00 Å². The lowest BCUT2D eigenvalue weighted by atomic mass is 9.93. The Morgan fingerprint density at radius 3 is 2.38 bits per heavy atom. The molecule has 1 heterocycles. The number of ether oxygens (including phenoxy) is 1. The van der Waals surface area contributed by atoms with E-state index in [0.717, 1.165) is 57.3 Å². The van der Waals surface area contributed by atoms with Gasteiger partial charge in [-0.3, -0.25) is 13.7 Å². The van der Waals surface area contributed by atoms with Crippen molar-refractivity contribution in [2.75, 3.05) is 25.6 Å². The molecule has 1 amide bonds. The van der Waals surface area contributed by atoms with Gasteiger partial charge in [-0.25, -0.2) is 9.19 Å². The molecular weight excluding hydrogens is 667 g/mol. The van der Waals surface area contributed by atoms with Crippen molar-refractivity contribution in [1.29, 1.82) is 0 Å². The summed E-state index contributed by atoms with van der Waals surface area (Å²) in [5.41, 5.74) is 6.60. The fourth-order valence-corrected chi connectivity index (χ4v) is 5.77. The van der Waals surface area contributed by atoms with Crippen LogP contribution in [-0.2, 0) is 26.7 Å². The number of halogens is 2. The number of hydrogen-bond donors (Lipinski definition) is 2. The largest absolute Gasteiger partial charge is 0.494 e. The van der Waals surface area contributed by atoms with Crippen LogP contribution in [0.4, 0.5) is 5.69 Å². The first-order valence-electron chi connectivity index (χ1n) is 15.4. The predicted octanol–water partition coefficient (Wildman–Crippen LogP) is 8.67. The van der Waals surface area contributed by atoms with Crippen LogP contribution in [0.2, 0.25) is 10.0 Å². The average Bonchev–Trinajstić information content (AvgIpc) is 3.47. The standard InChI is InChI=1S/C37H38Cl2N4O4S/c1-37(2,3)18-19-47-31-7-5-6-27(21-31)26-10-8-25(9-11-26)20-35-41-34(32-17-12-28(38)22-33(32)39)24-43(35)30-15-13-29(14-16-30)40-23-36(44)42-48(45)46-4/h5-17,21-22,24,40H,18-20,23H2,1-4H3,(H,42,44). The van der Waals surface area contributed by atoms with Crippen LogP contribution < -0.4 is 14.8 Å². The number of nitrogens with one attached hydrogen (secondary N) is 2. The van der Waals surface area contributed by atoms with E-state index >= 15 is 0 Å². The number of carbonyl (C=O) groups is 1. The number of anilines is 1. The second kappa shape index (κ2) is 15.8. The number of nitrogens with zero attached hydrogens (tertiary/aromatic N) is 2. The second-order valence-electron chi connectivity index (χ2n) is 12.4. The minimum atomic E-state index is -1.87. The summed E-state index contributed by atoms with van der Waals surface area (Å²) in [4.78, 5) is 17.0. The van der Waals surface area contributed by atoms with Crippen LogP contribution in [0.5, 0.6) is 5.75 Å². The summed E-state index contributed by atoms with van der Waals surface area (Å²) in [7, 11) is 1.25. The molecule has 0 fully saturated rings. The molecule has 0 aliphatic rings. The maximum absolute atomic E-state index is 12.0. The van der Waals surface area contributed by atoms with Crippen LogP contribution in [-0.4, -0.2) is 39.9 Å². The Bertz CT molecular complexity index is 1890. The first kappa shape index (κ1) is 35.2. The molecule has 0 aliphatic carbocycles. The van der Waals surface area contributed by atoms with Gasteiger partial charge in [0.2, 0.25) is 0 Å². The van der Waals surface area contributed by atoms with Crippen LogP contribution in [0.15, 0.2) is 97.2 Å². The highest BCUT2D eigenvalue weighted by atomic mass is 35.5. The fraction of sp³-hybridized carbons (Fsp3) is 0.243. The Morgan fingerprint density at radius 1 is 0.938 bits per heavy atom. The zero-order valence-electron chi connectivity index (χ0n) is 27.3. The highest BCUT2D eigenvalue weighted by molar-refractivity contribution is 7.78. The molecule has 0 saturated carbocycles. The Balaban J connectivity index is 1.36. The molecule has 48 heavy (non-hydrogen) atoms. The summed E-state index contributed by atoms with van der Waals surface area (Å²) in [6, 6.07) is 29.6. The fourth-order valence-electron chi connectivity index (χ4n) is 4.92. The summed E-state index contributed by atoms with van der Waals surface area (Å²) < 4.78 is 26.3. The monoisotopic (exact) mass is 704 g/mol. The van der Waals surface area contributed by atoms with Crippen molar-refractivity contribution >= 4 is 46.1 Å². The first-order valence-corrected chi connectivity index (χ1v) is 17.3. The van der Waals surface area contributed by atoms with Crippen LogP contribution in [0, 0.1) is 5.41 Å². The van der Waals surface area contributed by atoms with Crippen molar-refractivity contribution in [3.8, 4) is 33.8 Å². The van der Waals surface area contributed by atoms with E-state index in [-0.39, 0.29) is 12.0 Å². The number of hydrogen-bond acceptors (Lipinski definition) is 6. The van der Waals surface area contributed by atoms with E-state index in [1.165, 1.54) is 7.11 Å². The van der Waals surface area contributed by atoms with Crippen molar-refractivity contribution < 1.29 is 17.9 Å². The lowest BCUT2D eigenvalue weighted by Crippen LogP contribution is -2.31. The number of benzene rings is 4. The van der Waals surface area contributed by atoms with Crippen LogP contribution in [0.25, 0.3) is 28.1 Å². The molecule has 11 heteroatoms. The highest BCUT2D eigenvalue weighted by Crippen LogP contribution is 2.32. The van der Waals surface area contributed by atoms with Gasteiger partial charge in [-0.1, -0.05) is 80.4 Å². The molecule has 5 aromatic rings. The van der Waals surface area contributed by atoms with Gasteiger partial charge in [-0.2, -0.15) is 0 Å². The van der Waals surface area contributed by atoms with Gasteiger partial charge >= 0.3 is 0 Å². The van der Waals surface area contributed by atoms with E-state index in [1.54, 1.807) is 12.1 Å². The Labute approximate surface area is 294 Å². The lowest BCUT2D eigenvalue weighted by Gasteiger charge is -2.18. The highest BCUT2D eigenvalue weighted by Gasteiger charge is 2.16. The van der Waals surface area contributed by atoms with Gasteiger partial charge in [0.15, 0.2) is 0 Å². The summed E-state index contributed by atoms with van der Waals surface area (Å²) in [5, 5.41) is 4.09. The third-order valence-corrected chi connectivity index (χ3v) is 8.78. The zero-order valence-corrected chi connectivity index (χ0v) is 29.6. The molecule has 0 spiro atoms. The molecular formula is C37H38Cl2N4O4S. The second-order valence-corrected chi connectivity index (χ2v) is 14.3. The minimum Gasteiger partial charge on any atom is -0.494 e. The van der Waals surface area contributed by atoms with E-state index in [4.69, 9.17) is 32.9 Å². The zero-order chi connectivity index (χ0) is 34.3. The van der Waals surface area contributed by atoms with Gasteiger partial charge in [-0.15, -0.1) is 0 Å². The molecule has 2 N–H and O–H groups in total. The van der Waals surface area contributed by atoms with Crippen LogP contribution >= 0.6 is 23.2 Å². The number of carbonyl (C=O) groups excluding carboxylic acids is 1. The molecule has 0 aliphatic heterocycles. The quantitative estimate of drug-likeness (QED) is 0.127. The molecule has 1 unspecified atom stereocenters. The SMILES string of the molecule is COS(=O)NC(=O)CNc1ccc(-n2cc(-c3ccc(Cl)cc3Cl)nc2Cc2ccc(-c3cccc(OCCC(C)(C)C)c3)cc2)cc1. The van der Waals surface area contributed by atoms with Crippen molar-refractivity contribution in [3.05, 3.63) is 119 Å². The smallest absolute Gasteiger partial charge is 0.263 e. The van der Waals surface area contributed by atoms with Gasteiger partial charge < -0.3 is 14.6 Å². The van der Waals surface area contributed by atoms with E-state index < -0.39 is 17.2 Å². The third kappa shape index (κ3) is 9.70. The van der Waals surface area contributed by atoms with Gasteiger partial charge in [0.1, 0.15) is 11.6 Å². The molecule has 1 aromatic heterocycles. The van der Waals surface area contributed by atoms with Crippen molar-refractivity contribution in [3.63, 3.8) is 0 Å². The summed E-state index contributed by atoms with van der Waals surface area (Å²) in [5.74, 6) is 1.23. The maximum atomic E-state index is 12.0. The van der Waals surface area contributed by atoms with Crippen molar-refractivity contribution in [2.45, 2.75) is 33.6 Å². The third-order valence-electron chi connectivity index (χ3n) is 7.54. The maximum Gasteiger partial charge on any atom is 0.263 e. The summed E-state index contributed by atoms with van der Waals surface area (Å²) in [6.07, 6.45) is 3.50. The van der Waals surface area contributed by atoms with Gasteiger partial charge in [0.05, 0.1) is 31.0 Å². The molecule has 250 valence electrons. The topological polar surface area (TPSA) is 94.5 Å². The number of aromatic nitrogens is 2. The molecule has 4 aromatic carbocycles. The molecule has 1 atom stereocenters. The molecule has 0 saturated heterocycles. The van der Waals surface area contributed by atoms with E-state index in [1.807, 2.05) is 53.2 Å². The predicted molar refractivity (Wildman–Crippen MR) is 195 cm³/mol. The minimum absolute atomic E-state index is 0.0610. The van der Waals surface area contributed by atoms with Crippen molar-refractivity contribution in [2.24, 2.45) is 5.41 Å². The lowest BCUT2D eigenvalue weighted by molar-refractivity contribution is -0.117. The van der Waals surface area contributed by atoms with Crippen molar-refractivity contribution in [1.82, 2.24) is 14.3 Å². The first-order chi connectivity index (χ1) is 23.0. The molecule has 5 rings (SSSR count). The van der Waals surface area contributed by atoms with Gasteiger partial charge in [0, 0.05) is 34.6 Å². The van der Waals surface area contributed by atoms with Gasteiger partial charge in [0.25, 0.3) is 17.2 Å². The number of imidazole rings is 1. The van der Waals surface area contributed by atoms with E-state index in [2.05, 4.69) is 71.4 Å². The normalized spacial score (nSPS) is 12.0. The molecule has 0 radical (unpaired) electrons. The number of amides is 1. The Morgan fingerprint density at radius 2 is 1.69 bits per heavy atom. The number of rotatable bonds is 13. The Hall–Kier alpha value is -4.15. The van der Waals surface area contributed by atoms with Crippen LogP contribution in [0.1, 0.15) is 38.6 Å². The summed E-state index contributed by atoms with van der Waals surface area (Å²) >= 11 is 10.9. The van der Waals surface area contributed by atoms with Crippen LogP contribution in [0.3, 0.4) is 0 Å². The summed E-state index contributed by atoms with van der Waals surface area (Å²) in [6.45, 7) is 7.25. The van der Waals surface area contributed by atoms with Gasteiger partial charge in [-0.05, 0) is 83.1 Å². The molecule has 8 nitrogen and oxygen atoms in total.